The van der Waals surface area contributed by atoms with E-state index in [2.05, 4.69) is 15.3 Å². The van der Waals surface area contributed by atoms with Crippen LogP contribution in [-0.2, 0) is 6.42 Å². The first-order valence-electron chi connectivity index (χ1n) is 5.47. The van der Waals surface area contributed by atoms with E-state index in [1.165, 1.54) is 12.4 Å². The van der Waals surface area contributed by atoms with Crippen LogP contribution < -0.4 is 5.32 Å². The van der Waals surface area contributed by atoms with E-state index in [0.29, 0.717) is 6.42 Å². The van der Waals surface area contributed by atoms with Gasteiger partial charge in [-0.15, -0.1) is 0 Å². The van der Waals surface area contributed by atoms with Crippen LogP contribution in [0.4, 0.5) is 4.39 Å². The molecule has 0 amide bonds. The van der Waals surface area contributed by atoms with Gasteiger partial charge in [0.25, 0.3) is 0 Å². The van der Waals surface area contributed by atoms with E-state index in [9.17, 15) is 4.39 Å². The van der Waals surface area contributed by atoms with E-state index >= 15 is 0 Å². The second-order valence-corrected chi connectivity index (χ2v) is 3.81. The third kappa shape index (κ3) is 3.07. The average Bonchev–Trinajstić information content (AvgIpc) is 2.37. The first-order chi connectivity index (χ1) is 8.29. The summed E-state index contributed by atoms with van der Waals surface area (Å²) in [6, 6.07) is 8.56. The van der Waals surface area contributed by atoms with E-state index in [-0.39, 0.29) is 11.9 Å². The van der Waals surface area contributed by atoms with Gasteiger partial charge >= 0.3 is 0 Å². The van der Waals surface area contributed by atoms with Gasteiger partial charge in [0.15, 0.2) is 0 Å². The van der Waals surface area contributed by atoms with Gasteiger partial charge in [-0.25, -0.2) is 14.4 Å². The minimum atomic E-state index is -0.208. The molecule has 17 heavy (non-hydrogen) atoms. The Morgan fingerprint density at radius 1 is 1.35 bits per heavy atom. The molecule has 2 aromatic rings. The molecule has 0 aliphatic carbocycles. The van der Waals surface area contributed by atoms with Crippen LogP contribution in [-0.4, -0.2) is 17.0 Å². The lowest BCUT2D eigenvalue weighted by atomic mass is 10.0. The van der Waals surface area contributed by atoms with Gasteiger partial charge in [0, 0.05) is 6.20 Å². The first-order valence-corrected chi connectivity index (χ1v) is 5.47. The molecule has 88 valence electrons. The smallest absolute Gasteiger partial charge is 0.123 e. The van der Waals surface area contributed by atoms with Gasteiger partial charge in [-0.2, -0.15) is 0 Å². The summed E-state index contributed by atoms with van der Waals surface area (Å²) in [5.41, 5.74) is 1.86. The number of aromatic nitrogens is 2. The molecule has 0 bridgehead atoms. The molecule has 1 heterocycles. The van der Waals surface area contributed by atoms with Gasteiger partial charge in [0.1, 0.15) is 12.1 Å². The molecular weight excluding hydrogens is 217 g/mol. The Labute approximate surface area is 99.7 Å². The Morgan fingerprint density at radius 2 is 2.24 bits per heavy atom. The normalized spacial score (nSPS) is 12.4. The molecule has 0 aliphatic rings. The van der Waals surface area contributed by atoms with E-state index in [1.54, 1.807) is 18.3 Å². The molecule has 1 aromatic carbocycles. The van der Waals surface area contributed by atoms with Crippen LogP contribution in [0.2, 0.25) is 0 Å². The topological polar surface area (TPSA) is 37.8 Å². The lowest BCUT2D eigenvalue weighted by molar-refractivity contribution is 0.569. The fourth-order valence-electron chi connectivity index (χ4n) is 1.76. The number of likely N-dealkylation sites (N-methyl/N-ethyl adjacent to an activating group) is 1. The van der Waals surface area contributed by atoms with Gasteiger partial charge in [0.05, 0.1) is 11.7 Å². The highest BCUT2D eigenvalue weighted by molar-refractivity contribution is 5.19. The molecule has 0 spiro atoms. The fourth-order valence-corrected chi connectivity index (χ4v) is 1.76. The lowest BCUT2D eigenvalue weighted by Crippen LogP contribution is -2.20. The van der Waals surface area contributed by atoms with Crippen molar-refractivity contribution < 1.29 is 4.39 Å². The third-order valence-corrected chi connectivity index (χ3v) is 2.64. The van der Waals surface area contributed by atoms with Crippen molar-refractivity contribution in [2.45, 2.75) is 12.5 Å². The van der Waals surface area contributed by atoms with Crippen molar-refractivity contribution in [2.24, 2.45) is 0 Å². The summed E-state index contributed by atoms with van der Waals surface area (Å²) in [5, 5.41) is 3.17. The Balaban J connectivity index is 2.16. The Kier molecular flexibility index (Phi) is 3.77. The number of rotatable bonds is 4. The minimum Gasteiger partial charge on any atom is -0.311 e. The Morgan fingerprint density at radius 3 is 2.88 bits per heavy atom. The predicted molar refractivity (Wildman–Crippen MR) is 63.9 cm³/mol. The summed E-state index contributed by atoms with van der Waals surface area (Å²) in [6.45, 7) is 0. The minimum absolute atomic E-state index is 0.0693. The number of halogens is 1. The number of benzene rings is 1. The zero-order valence-corrected chi connectivity index (χ0v) is 9.60. The van der Waals surface area contributed by atoms with Crippen LogP contribution in [0.1, 0.15) is 17.3 Å². The van der Waals surface area contributed by atoms with Crippen molar-refractivity contribution >= 4 is 0 Å². The van der Waals surface area contributed by atoms with E-state index in [1.807, 2.05) is 19.2 Å². The number of hydrogen-bond donors (Lipinski definition) is 1. The summed E-state index contributed by atoms with van der Waals surface area (Å²) in [7, 11) is 1.87. The van der Waals surface area contributed by atoms with Crippen molar-refractivity contribution in [1.82, 2.24) is 15.3 Å². The predicted octanol–water partition coefficient (Wildman–Crippen LogP) is 2.12. The van der Waals surface area contributed by atoms with Crippen LogP contribution >= 0.6 is 0 Å². The van der Waals surface area contributed by atoms with Gasteiger partial charge in [-0.3, -0.25) is 0 Å². The standard InChI is InChI=1S/C13H14FN3/c1-15-13(12-5-6-16-9-17-12)8-10-3-2-4-11(14)7-10/h2-7,9,13,15H,8H2,1H3. The molecule has 3 nitrogen and oxygen atoms in total. The van der Waals surface area contributed by atoms with Crippen molar-refractivity contribution in [2.75, 3.05) is 7.05 Å². The molecule has 1 aromatic heterocycles. The molecule has 0 saturated heterocycles. The zero-order chi connectivity index (χ0) is 12.1. The molecule has 0 aliphatic heterocycles. The van der Waals surface area contributed by atoms with Crippen LogP contribution in [0.15, 0.2) is 42.9 Å². The quantitative estimate of drug-likeness (QED) is 0.875. The molecule has 1 N–H and O–H groups in total. The van der Waals surface area contributed by atoms with Crippen LogP contribution in [0, 0.1) is 5.82 Å². The van der Waals surface area contributed by atoms with Crippen molar-refractivity contribution in [1.29, 1.82) is 0 Å². The molecular formula is C13H14FN3. The van der Waals surface area contributed by atoms with Crippen molar-refractivity contribution in [3.63, 3.8) is 0 Å². The van der Waals surface area contributed by atoms with E-state index in [0.717, 1.165) is 11.3 Å². The molecule has 0 saturated carbocycles. The second kappa shape index (κ2) is 5.50. The zero-order valence-electron chi connectivity index (χ0n) is 9.60. The van der Waals surface area contributed by atoms with Crippen LogP contribution in [0.25, 0.3) is 0 Å². The molecule has 1 atom stereocenters. The highest BCUT2D eigenvalue weighted by Crippen LogP contribution is 2.16. The summed E-state index contributed by atoms with van der Waals surface area (Å²) in [6.07, 6.45) is 3.93. The second-order valence-electron chi connectivity index (χ2n) is 3.81. The average molecular weight is 231 g/mol. The Hall–Kier alpha value is -1.81. The van der Waals surface area contributed by atoms with Crippen LogP contribution in [0.5, 0.6) is 0 Å². The summed E-state index contributed by atoms with van der Waals surface area (Å²) < 4.78 is 13.1. The largest absolute Gasteiger partial charge is 0.311 e. The maximum Gasteiger partial charge on any atom is 0.123 e. The van der Waals surface area contributed by atoms with Gasteiger partial charge < -0.3 is 5.32 Å². The number of nitrogens with one attached hydrogen (secondary N) is 1. The van der Waals surface area contributed by atoms with Gasteiger partial charge in [-0.1, -0.05) is 12.1 Å². The van der Waals surface area contributed by atoms with Crippen molar-refractivity contribution in [3.8, 4) is 0 Å². The molecule has 0 fully saturated rings. The summed E-state index contributed by atoms with van der Waals surface area (Å²) >= 11 is 0. The first kappa shape index (κ1) is 11.7. The summed E-state index contributed by atoms with van der Waals surface area (Å²) in [5.74, 6) is -0.208. The van der Waals surface area contributed by atoms with Gasteiger partial charge in [-0.05, 0) is 37.2 Å². The van der Waals surface area contributed by atoms with E-state index < -0.39 is 0 Å². The monoisotopic (exact) mass is 231 g/mol. The highest BCUT2D eigenvalue weighted by Gasteiger charge is 2.11. The third-order valence-electron chi connectivity index (χ3n) is 2.64. The van der Waals surface area contributed by atoms with E-state index in [4.69, 9.17) is 0 Å². The molecule has 4 heteroatoms. The van der Waals surface area contributed by atoms with Crippen molar-refractivity contribution in [3.05, 3.63) is 59.9 Å². The maximum atomic E-state index is 13.1. The van der Waals surface area contributed by atoms with Gasteiger partial charge in [0.2, 0.25) is 0 Å². The Bertz CT molecular complexity index is 473. The number of hydrogen-bond acceptors (Lipinski definition) is 3. The molecule has 0 radical (unpaired) electrons. The summed E-state index contributed by atoms with van der Waals surface area (Å²) in [4.78, 5) is 8.09. The molecule has 1 unspecified atom stereocenters. The fraction of sp³-hybridized carbons (Fsp3) is 0.231. The highest BCUT2D eigenvalue weighted by atomic mass is 19.1. The SMILES string of the molecule is CNC(Cc1cccc(F)c1)c1ccncn1. The van der Waals surface area contributed by atoms with Crippen LogP contribution in [0.3, 0.4) is 0 Å². The molecule has 2 rings (SSSR count). The lowest BCUT2D eigenvalue weighted by Gasteiger charge is -2.15. The number of nitrogens with zero attached hydrogens (tertiary/aromatic N) is 2. The maximum absolute atomic E-state index is 13.1.